The van der Waals surface area contributed by atoms with E-state index in [1.807, 2.05) is 24.3 Å². The second-order valence-corrected chi connectivity index (χ2v) is 6.25. The number of rotatable bonds is 6. The van der Waals surface area contributed by atoms with E-state index >= 15 is 0 Å². The number of morpholine rings is 1. The Morgan fingerprint density at radius 3 is 2.65 bits per heavy atom. The first-order valence-corrected chi connectivity index (χ1v) is 8.50. The maximum absolute atomic E-state index is 10.8. The fourth-order valence-electron chi connectivity index (χ4n) is 2.83. The van der Waals surface area contributed by atoms with Gasteiger partial charge in [0, 0.05) is 24.7 Å². The minimum Gasteiger partial charge on any atom is -0.379 e. The first-order valence-electron chi connectivity index (χ1n) is 8.12. The molecule has 3 N–H and O–H groups in total. The Balaban J connectivity index is 1.76. The summed E-state index contributed by atoms with van der Waals surface area (Å²) >= 11 is 5.99. The molecule has 0 aliphatic carbocycles. The first-order chi connectivity index (χ1) is 12.5. The Hall–Kier alpha value is -2.49. The van der Waals surface area contributed by atoms with Crippen LogP contribution in [0.1, 0.15) is 11.6 Å². The Labute approximate surface area is 155 Å². The van der Waals surface area contributed by atoms with Crippen LogP contribution in [0.25, 0.3) is 0 Å². The van der Waals surface area contributed by atoms with Crippen LogP contribution in [0.3, 0.4) is 0 Å². The van der Waals surface area contributed by atoms with Crippen molar-refractivity contribution in [1.29, 1.82) is 0 Å². The largest absolute Gasteiger partial charge is 0.379 e. The molecule has 1 atom stereocenters. The zero-order valence-electron chi connectivity index (χ0n) is 14.0. The summed E-state index contributed by atoms with van der Waals surface area (Å²) in [5.41, 5.74) is 6.41. The summed E-state index contributed by atoms with van der Waals surface area (Å²) in [7, 11) is 0. The van der Waals surface area contributed by atoms with Gasteiger partial charge in [0.1, 0.15) is 6.20 Å². The van der Waals surface area contributed by atoms with Crippen LogP contribution in [0, 0.1) is 10.1 Å². The number of ether oxygens (including phenoxy) is 1. The smallest absolute Gasteiger partial charge is 0.329 e. The summed E-state index contributed by atoms with van der Waals surface area (Å²) in [5.74, 6) is 0.0854. The Bertz CT molecular complexity index is 767. The minimum atomic E-state index is -0.608. The van der Waals surface area contributed by atoms with Crippen LogP contribution in [0.4, 0.5) is 17.5 Å². The van der Waals surface area contributed by atoms with E-state index in [1.165, 1.54) is 0 Å². The van der Waals surface area contributed by atoms with Crippen molar-refractivity contribution in [2.24, 2.45) is 0 Å². The first kappa shape index (κ1) is 18.3. The van der Waals surface area contributed by atoms with E-state index in [0.29, 0.717) is 24.8 Å². The number of hydrogen-bond acceptors (Lipinski definition) is 8. The fraction of sp³-hybridized carbons (Fsp3) is 0.375. The van der Waals surface area contributed by atoms with Gasteiger partial charge in [0.05, 0.1) is 24.2 Å². The van der Waals surface area contributed by atoms with E-state index in [-0.39, 0.29) is 23.5 Å². The number of nitrogens with zero attached hydrogens (tertiary/aromatic N) is 4. The molecule has 26 heavy (non-hydrogen) atoms. The molecule has 9 nitrogen and oxygen atoms in total. The van der Waals surface area contributed by atoms with E-state index in [9.17, 15) is 10.1 Å². The highest BCUT2D eigenvalue weighted by molar-refractivity contribution is 6.30. The number of halogens is 1. The second kappa shape index (κ2) is 8.26. The molecule has 1 aromatic heterocycles. The molecule has 2 heterocycles. The number of benzene rings is 1. The van der Waals surface area contributed by atoms with Crippen LogP contribution in [0.15, 0.2) is 30.5 Å². The maximum atomic E-state index is 10.8. The fourth-order valence-corrected chi connectivity index (χ4v) is 2.96. The molecule has 138 valence electrons. The van der Waals surface area contributed by atoms with Crippen LogP contribution in [-0.4, -0.2) is 52.6 Å². The van der Waals surface area contributed by atoms with Crippen molar-refractivity contribution in [2.45, 2.75) is 6.04 Å². The lowest BCUT2D eigenvalue weighted by atomic mass is 10.0. The molecule has 1 saturated heterocycles. The van der Waals surface area contributed by atoms with Crippen LogP contribution in [0.2, 0.25) is 5.02 Å². The minimum absolute atomic E-state index is 0.0520. The lowest BCUT2D eigenvalue weighted by Crippen LogP contribution is -2.41. The van der Waals surface area contributed by atoms with Crippen LogP contribution < -0.4 is 11.1 Å². The van der Waals surface area contributed by atoms with Gasteiger partial charge in [-0.3, -0.25) is 15.0 Å². The van der Waals surface area contributed by atoms with Gasteiger partial charge >= 0.3 is 5.69 Å². The van der Waals surface area contributed by atoms with Gasteiger partial charge in [-0.25, -0.2) is 4.98 Å². The number of hydrogen-bond donors (Lipinski definition) is 2. The van der Waals surface area contributed by atoms with Crippen LogP contribution in [-0.2, 0) is 4.74 Å². The van der Waals surface area contributed by atoms with Gasteiger partial charge in [-0.2, -0.15) is 4.98 Å². The van der Waals surface area contributed by atoms with Crippen molar-refractivity contribution in [3.8, 4) is 0 Å². The molecule has 0 spiro atoms. The lowest BCUT2D eigenvalue weighted by molar-refractivity contribution is -0.384. The summed E-state index contributed by atoms with van der Waals surface area (Å²) in [6.45, 7) is 3.46. The highest BCUT2D eigenvalue weighted by Gasteiger charge is 2.23. The summed E-state index contributed by atoms with van der Waals surface area (Å²) in [5, 5.41) is 14.6. The number of nitrogens with one attached hydrogen (secondary N) is 1. The normalized spacial score (nSPS) is 16.2. The van der Waals surface area contributed by atoms with E-state index in [1.54, 1.807) is 0 Å². The Morgan fingerprint density at radius 1 is 1.35 bits per heavy atom. The van der Waals surface area contributed by atoms with Crippen LogP contribution >= 0.6 is 11.6 Å². The van der Waals surface area contributed by atoms with E-state index in [2.05, 4.69) is 20.2 Å². The number of anilines is 2. The Morgan fingerprint density at radius 2 is 2.04 bits per heavy atom. The molecule has 0 amide bonds. The molecule has 1 unspecified atom stereocenters. The highest BCUT2D eigenvalue weighted by atomic mass is 35.5. The van der Waals surface area contributed by atoms with Crippen molar-refractivity contribution >= 4 is 29.1 Å². The van der Waals surface area contributed by atoms with Crippen molar-refractivity contribution in [3.05, 3.63) is 51.2 Å². The van der Waals surface area contributed by atoms with E-state index in [4.69, 9.17) is 22.1 Å². The highest BCUT2D eigenvalue weighted by Crippen LogP contribution is 2.24. The topological polar surface area (TPSA) is 119 Å². The monoisotopic (exact) mass is 378 g/mol. The number of nitrogens with two attached hydrogens (primary N) is 1. The van der Waals surface area contributed by atoms with Gasteiger partial charge in [-0.05, 0) is 17.7 Å². The average Bonchev–Trinajstić information content (AvgIpc) is 2.64. The predicted molar refractivity (Wildman–Crippen MR) is 98.2 cm³/mol. The zero-order valence-corrected chi connectivity index (χ0v) is 14.7. The summed E-state index contributed by atoms with van der Waals surface area (Å²) in [6, 6.07) is 7.72. The van der Waals surface area contributed by atoms with Crippen molar-refractivity contribution in [3.63, 3.8) is 0 Å². The van der Waals surface area contributed by atoms with Gasteiger partial charge in [0.2, 0.25) is 11.8 Å². The van der Waals surface area contributed by atoms with Gasteiger partial charge < -0.3 is 15.8 Å². The third kappa shape index (κ3) is 4.37. The lowest BCUT2D eigenvalue weighted by Gasteiger charge is -2.35. The van der Waals surface area contributed by atoms with E-state index < -0.39 is 4.92 Å². The molecule has 1 aliphatic heterocycles. The number of nitro groups is 1. The summed E-state index contributed by atoms with van der Waals surface area (Å²) in [6.07, 6.45) is 1.11. The molecular weight excluding hydrogens is 360 g/mol. The van der Waals surface area contributed by atoms with Gasteiger partial charge in [-0.15, -0.1) is 0 Å². The Kier molecular flexibility index (Phi) is 5.82. The standard InChI is InChI=1S/C16H19ClN6O3/c17-12-3-1-11(2-4-12)13(22-5-7-26-8-6-22)9-19-16-20-10-14(23(24)25)15(18)21-16/h1-4,10,13H,5-9H2,(H3,18,19,20,21). The third-order valence-corrected chi connectivity index (χ3v) is 4.44. The molecule has 10 heteroatoms. The second-order valence-electron chi connectivity index (χ2n) is 5.82. The summed E-state index contributed by atoms with van der Waals surface area (Å²) in [4.78, 5) is 20.5. The number of nitrogen functional groups attached to an aromatic ring is 1. The van der Waals surface area contributed by atoms with Gasteiger partial charge in [0.15, 0.2) is 0 Å². The molecule has 3 rings (SSSR count). The average molecular weight is 379 g/mol. The molecule has 0 bridgehead atoms. The van der Waals surface area contributed by atoms with Crippen molar-refractivity contribution in [1.82, 2.24) is 14.9 Å². The third-order valence-electron chi connectivity index (χ3n) is 4.19. The molecule has 1 aromatic carbocycles. The molecule has 0 radical (unpaired) electrons. The van der Waals surface area contributed by atoms with E-state index in [0.717, 1.165) is 24.8 Å². The molecule has 0 saturated carbocycles. The molecule has 2 aromatic rings. The van der Waals surface area contributed by atoms with Crippen molar-refractivity contribution < 1.29 is 9.66 Å². The maximum Gasteiger partial charge on any atom is 0.329 e. The molecule has 1 aliphatic rings. The SMILES string of the molecule is Nc1nc(NCC(c2ccc(Cl)cc2)N2CCOCC2)ncc1[N+](=O)[O-]. The predicted octanol–water partition coefficient (Wildman–Crippen LogP) is 2.11. The molecule has 1 fully saturated rings. The van der Waals surface area contributed by atoms with Gasteiger partial charge in [-0.1, -0.05) is 23.7 Å². The summed E-state index contributed by atoms with van der Waals surface area (Å²) < 4.78 is 5.43. The number of aromatic nitrogens is 2. The molecular formula is C16H19ClN6O3. The van der Waals surface area contributed by atoms with Crippen LogP contribution in [0.5, 0.6) is 0 Å². The zero-order chi connectivity index (χ0) is 18.5. The van der Waals surface area contributed by atoms with Crippen molar-refractivity contribution in [2.75, 3.05) is 43.9 Å². The van der Waals surface area contributed by atoms with Gasteiger partial charge in [0.25, 0.3) is 0 Å². The quantitative estimate of drug-likeness (QED) is 0.579.